The first-order valence-electron chi connectivity index (χ1n) is 6.49. The van der Waals surface area contributed by atoms with Gasteiger partial charge in [-0.25, -0.2) is 0 Å². The van der Waals surface area contributed by atoms with Crippen LogP contribution in [0.25, 0.3) is 0 Å². The van der Waals surface area contributed by atoms with E-state index in [4.69, 9.17) is 32.7 Å². The third-order valence-corrected chi connectivity index (χ3v) is 3.59. The highest BCUT2D eigenvalue weighted by Crippen LogP contribution is 2.27. The number of ether oxygens (including phenoxy) is 2. The number of methoxy groups -OCH3 is 2. The fraction of sp³-hybridized carbons (Fsp3) is 0.188. The SMILES string of the molecule is COc1ccc(OC)c(CC(=O)Nc2ccc(Cl)cc2Cl)c1. The van der Waals surface area contributed by atoms with Crippen molar-refractivity contribution < 1.29 is 14.3 Å². The molecule has 22 heavy (non-hydrogen) atoms. The zero-order chi connectivity index (χ0) is 16.1. The fourth-order valence-electron chi connectivity index (χ4n) is 1.98. The summed E-state index contributed by atoms with van der Waals surface area (Å²) in [6.07, 6.45) is 0.138. The van der Waals surface area contributed by atoms with Crippen LogP contribution in [0.3, 0.4) is 0 Å². The van der Waals surface area contributed by atoms with Crippen LogP contribution in [0.15, 0.2) is 36.4 Å². The molecule has 116 valence electrons. The molecule has 0 spiro atoms. The monoisotopic (exact) mass is 339 g/mol. The van der Waals surface area contributed by atoms with Crippen molar-refractivity contribution >= 4 is 34.8 Å². The molecule has 1 N–H and O–H groups in total. The van der Waals surface area contributed by atoms with Gasteiger partial charge >= 0.3 is 0 Å². The largest absolute Gasteiger partial charge is 0.497 e. The van der Waals surface area contributed by atoms with Crippen molar-refractivity contribution in [1.82, 2.24) is 0 Å². The van der Waals surface area contributed by atoms with Gasteiger partial charge in [-0.2, -0.15) is 0 Å². The second-order valence-electron chi connectivity index (χ2n) is 4.53. The van der Waals surface area contributed by atoms with E-state index in [-0.39, 0.29) is 12.3 Å². The Morgan fingerprint density at radius 2 is 1.86 bits per heavy atom. The molecule has 0 heterocycles. The predicted molar refractivity (Wildman–Crippen MR) is 88.3 cm³/mol. The highest BCUT2D eigenvalue weighted by Gasteiger charge is 2.12. The number of halogens is 2. The number of carbonyl (C=O) groups excluding carboxylic acids is 1. The van der Waals surface area contributed by atoms with Gasteiger partial charge < -0.3 is 14.8 Å². The summed E-state index contributed by atoms with van der Waals surface area (Å²) in [4.78, 5) is 12.2. The fourth-order valence-corrected chi connectivity index (χ4v) is 2.43. The number of benzene rings is 2. The minimum absolute atomic E-state index is 0.138. The second-order valence-corrected chi connectivity index (χ2v) is 5.37. The molecule has 6 heteroatoms. The Balaban J connectivity index is 2.14. The smallest absolute Gasteiger partial charge is 0.228 e. The maximum absolute atomic E-state index is 12.2. The van der Waals surface area contributed by atoms with Crippen LogP contribution in [-0.2, 0) is 11.2 Å². The van der Waals surface area contributed by atoms with Crippen molar-refractivity contribution in [2.75, 3.05) is 19.5 Å². The average molecular weight is 340 g/mol. The van der Waals surface area contributed by atoms with E-state index in [2.05, 4.69) is 5.32 Å². The molecule has 2 aromatic rings. The van der Waals surface area contributed by atoms with E-state index in [1.165, 1.54) is 0 Å². The lowest BCUT2D eigenvalue weighted by atomic mass is 10.1. The van der Waals surface area contributed by atoms with Crippen LogP contribution >= 0.6 is 23.2 Å². The van der Waals surface area contributed by atoms with E-state index in [1.54, 1.807) is 50.6 Å². The molecule has 0 atom stereocenters. The maximum atomic E-state index is 12.2. The van der Waals surface area contributed by atoms with E-state index < -0.39 is 0 Å². The molecule has 0 bridgehead atoms. The Hall–Kier alpha value is -1.91. The van der Waals surface area contributed by atoms with Gasteiger partial charge in [0.15, 0.2) is 0 Å². The summed E-state index contributed by atoms with van der Waals surface area (Å²) >= 11 is 11.9. The van der Waals surface area contributed by atoms with Crippen molar-refractivity contribution in [2.45, 2.75) is 6.42 Å². The van der Waals surface area contributed by atoms with Gasteiger partial charge in [0.2, 0.25) is 5.91 Å². The van der Waals surface area contributed by atoms with Crippen LogP contribution in [0.2, 0.25) is 10.0 Å². The van der Waals surface area contributed by atoms with Gasteiger partial charge in [0.05, 0.1) is 31.4 Å². The summed E-state index contributed by atoms with van der Waals surface area (Å²) in [5, 5.41) is 3.65. The first kappa shape index (κ1) is 16.5. The van der Waals surface area contributed by atoms with Gasteiger partial charge in [-0.05, 0) is 36.4 Å². The van der Waals surface area contributed by atoms with Crippen LogP contribution in [0.4, 0.5) is 5.69 Å². The zero-order valence-electron chi connectivity index (χ0n) is 12.2. The summed E-state index contributed by atoms with van der Waals surface area (Å²) in [6.45, 7) is 0. The molecule has 0 fully saturated rings. The van der Waals surface area contributed by atoms with Gasteiger partial charge in [-0.15, -0.1) is 0 Å². The molecule has 0 aliphatic heterocycles. The Morgan fingerprint density at radius 1 is 1.09 bits per heavy atom. The lowest BCUT2D eigenvalue weighted by Crippen LogP contribution is -2.15. The van der Waals surface area contributed by atoms with E-state index in [0.29, 0.717) is 27.2 Å². The molecule has 4 nitrogen and oxygen atoms in total. The van der Waals surface area contributed by atoms with Gasteiger partial charge in [-0.3, -0.25) is 4.79 Å². The summed E-state index contributed by atoms with van der Waals surface area (Å²) in [7, 11) is 3.12. The number of carbonyl (C=O) groups is 1. The molecule has 0 aliphatic carbocycles. The Morgan fingerprint density at radius 3 is 2.50 bits per heavy atom. The maximum Gasteiger partial charge on any atom is 0.228 e. The van der Waals surface area contributed by atoms with Crippen LogP contribution in [-0.4, -0.2) is 20.1 Å². The van der Waals surface area contributed by atoms with Gasteiger partial charge in [0.1, 0.15) is 11.5 Å². The Labute approximate surface area is 138 Å². The van der Waals surface area contributed by atoms with Crippen molar-refractivity contribution in [3.63, 3.8) is 0 Å². The lowest BCUT2D eigenvalue weighted by Gasteiger charge is -2.11. The molecular formula is C16H15Cl2NO3. The summed E-state index contributed by atoms with van der Waals surface area (Å²) in [5.41, 5.74) is 1.24. The van der Waals surface area contributed by atoms with Crippen LogP contribution in [0.1, 0.15) is 5.56 Å². The number of hydrogen-bond donors (Lipinski definition) is 1. The highest BCUT2D eigenvalue weighted by atomic mass is 35.5. The quantitative estimate of drug-likeness (QED) is 0.888. The number of amides is 1. The molecule has 1 amide bonds. The van der Waals surface area contributed by atoms with Gasteiger partial charge in [-0.1, -0.05) is 23.2 Å². The molecule has 0 unspecified atom stereocenters. The van der Waals surface area contributed by atoms with E-state index >= 15 is 0 Å². The van der Waals surface area contributed by atoms with Crippen molar-refractivity contribution in [2.24, 2.45) is 0 Å². The third-order valence-electron chi connectivity index (χ3n) is 3.04. The number of hydrogen-bond acceptors (Lipinski definition) is 3. The van der Waals surface area contributed by atoms with Gasteiger partial charge in [0, 0.05) is 10.6 Å². The number of nitrogens with one attached hydrogen (secondary N) is 1. The summed E-state index contributed by atoms with van der Waals surface area (Å²) in [5.74, 6) is 1.07. The van der Waals surface area contributed by atoms with Crippen LogP contribution in [0.5, 0.6) is 11.5 Å². The van der Waals surface area contributed by atoms with Crippen LogP contribution in [0, 0.1) is 0 Å². The normalized spacial score (nSPS) is 10.2. The molecular weight excluding hydrogens is 325 g/mol. The molecule has 0 aromatic heterocycles. The summed E-state index contributed by atoms with van der Waals surface area (Å²) < 4.78 is 10.4. The van der Waals surface area contributed by atoms with E-state index in [0.717, 1.165) is 5.56 Å². The van der Waals surface area contributed by atoms with E-state index in [9.17, 15) is 4.79 Å². The minimum Gasteiger partial charge on any atom is -0.497 e. The van der Waals surface area contributed by atoms with Crippen molar-refractivity contribution in [1.29, 1.82) is 0 Å². The second kappa shape index (κ2) is 7.38. The molecule has 0 radical (unpaired) electrons. The Kier molecular flexibility index (Phi) is 5.52. The van der Waals surface area contributed by atoms with Crippen molar-refractivity contribution in [3.8, 4) is 11.5 Å². The minimum atomic E-state index is -0.212. The molecule has 2 aromatic carbocycles. The topological polar surface area (TPSA) is 47.6 Å². The first-order valence-corrected chi connectivity index (χ1v) is 7.25. The first-order chi connectivity index (χ1) is 10.5. The van der Waals surface area contributed by atoms with Crippen LogP contribution < -0.4 is 14.8 Å². The summed E-state index contributed by atoms with van der Waals surface area (Å²) in [6, 6.07) is 10.2. The molecule has 0 aliphatic rings. The molecule has 2 rings (SSSR count). The number of rotatable bonds is 5. The Bertz CT molecular complexity index is 689. The lowest BCUT2D eigenvalue weighted by molar-refractivity contribution is -0.115. The van der Waals surface area contributed by atoms with Gasteiger partial charge in [0.25, 0.3) is 0 Å². The predicted octanol–water partition coefficient (Wildman–Crippen LogP) is 4.19. The van der Waals surface area contributed by atoms with E-state index in [1.807, 2.05) is 0 Å². The van der Waals surface area contributed by atoms with Crippen molar-refractivity contribution in [3.05, 3.63) is 52.0 Å². The molecule has 0 saturated heterocycles. The number of anilines is 1. The third kappa shape index (κ3) is 4.06. The zero-order valence-corrected chi connectivity index (χ0v) is 13.7. The molecule has 0 saturated carbocycles. The standard InChI is InChI=1S/C16H15Cl2NO3/c1-21-12-4-6-15(22-2)10(7-12)8-16(20)19-14-5-3-11(17)9-13(14)18/h3-7,9H,8H2,1-2H3,(H,19,20). The highest BCUT2D eigenvalue weighted by molar-refractivity contribution is 6.36. The average Bonchev–Trinajstić information content (AvgIpc) is 2.50.